The van der Waals surface area contributed by atoms with Crippen molar-refractivity contribution in [3.05, 3.63) is 29.6 Å². The van der Waals surface area contributed by atoms with Gasteiger partial charge in [0.05, 0.1) is 0 Å². The standard InChI is InChI=1S/C12H17FN4/c1-16-6-2-3-9(7-16)12(15)17-8-10(13)4-5-11(17)14/h4-5,8-9,14-15H,2-3,6-7H2,1H3/t9-/m0/s1. The maximum absolute atomic E-state index is 13.1. The molecular formula is C12H17FN4. The van der Waals surface area contributed by atoms with Crippen LogP contribution in [0.25, 0.3) is 0 Å². The first-order valence-corrected chi connectivity index (χ1v) is 5.78. The molecule has 5 heteroatoms. The molecule has 0 spiro atoms. The van der Waals surface area contributed by atoms with E-state index >= 15 is 0 Å². The lowest BCUT2D eigenvalue weighted by Crippen LogP contribution is -2.40. The predicted octanol–water partition coefficient (Wildman–Crippen LogP) is 1.27. The van der Waals surface area contributed by atoms with E-state index in [0.29, 0.717) is 5.84 Å². The van der Waals surface area contributed by atoms with Crippen molar-refractivity contribution in [2.45, 2.75) is 12.8 Å². The molecule has 0 aromatic carbocycles. The number of piperidine rings is 1. The maximum Gasteiger partial charge on any atom is 0.139 e. The summed E-state index contributed by atoms with van der Waals surface area (Å²) in [6.45, 7) is 1.85. The van der Waals surface area contributed by atoms with Crippen LogP contribution >= 0.6 is 0 Å². The molecule has 1 aliphatic heterocycles. The fourth-order valence-corrected chi connectivity index (χ4v) is 2.26. The number of likely N-dealkylation sites (tertiary alicyclic amines) is 1. The Balaban J connectivity index is 2.24. The molecule has 0 aliphatic carbocycles. The molecular weight excluding hydrogens is 219 g/mol. The number of nitrogens with zero attached hydrogens (tertiary/aromatic N) is 2. The van der Waals surface area contributed by atoms with Crippen LogP contribution in [0.3, 0.4) is 0 Å². The fourth-order valence-electron chi connectivity index (χ4n) is 2.26. The Morgan fingerprint density at radius 3 is 2.94 bits per heavy atom. The summed E-state index contributed by atoms with van der Waals surface area (Å²) < 4.78 is 14.5. The van der Waals surface area contributed by atoms with Gasteiger partial charge in [0.1, 0.15) is 17.1 Å². The Morgan fingerprint density at radius 2 is 2.24 bits per heavy atom. The molecule has 2 heterocycles. The van der Waals surface area contributed by atoms with Gasteiger partial charge < -0.3 is 4.90 Å². The first-order valence-electron chi connectivity index (χ1n) is 5.78. The summed E-state index contributed by atoms with van der Waals surface area (Å²) >= 11 is 0. The average molecular weight is 236 g/mol. The molecule has 0 radical (unpaired) electrons. The largest absolute Gasteiger partial charge is 0.306 e. The van der Waals surface area contributed by atoms with Crippen molar-refractivity contribution in [3.8, 4) is 0 Å². The van der Waals surface area contributed by atoms with Gasteiger partial charge in [-0.25, -0.2) is 4.39 Å². The van der Waals surface area contributed by atoms with E-state index in [9.17, 15) is 4.39 Å². The minimum atomic E-state index is -0.407. The third-order valence-electron chi connectivity index (χ3n) is 3.18. The van der Waals surface area contributed by atoms with Gasteiger partial charge in [-0.05, 0) is 38.6 Å². The summed E-state index contributed by atoms with van der Waals surface area (Å²) in [5, 5.41) is 15.8. The highest BCUT2D eigenvalue weighted by molar-refractivity contribution is 5.83. The second-order valence-corrected chi connectivity index (χ2v) is 4.59. The number of rotatable bonds is 1. The molecule has 1 aliphatic rings. The summed E-state index contributed by atoms with van der Waals surface area (Å²) in [5.74, 6) is 0.000569. The molecule has 2 rings (SSSR count). The van der Waals surface area contributed by atoms with Crippen molar-refractivity contribution in [2.75, 3.05) is 20.1 Å². The summed E-state index contributed by atoms with van der Waals surface area (Å²) in [6.07, 6.45) is 3.21. The van der Waals surface area contributed by atoms with Crippen molar-refractivity contribution < 1.29 is 4.39 Å². The van der Waals surface area contributed by atoms with Crippen LogP contribution in [0.4, 0.5) is 4.39 Å². The van der Waals surface area contributed by atoms with Crippen molar-refractivity contribution in [1.29, 1.82) is 10.8 Å². The van der Waals surface area contributed by atoms with Crippen molar-refractivity contribution in [1.82, 2.24) is 9.47 Å². The van der Waals surface area contributed by atoms with Crippen LogP contribution in [-0.4, -0.2) is 35.4 Å². The molecule has 0 bridgehead atoms. The van der Waals surface area contributed by atoms with E-state index < -0.39 is 5.82 Å². The minimum absolute atomic E-state index is 0.0876. The van der Waals surface area contributed by atoms with E-state index in [-0.39, 0.29) is 11.4 Å². The zero-order valence-electron chi connectivity index (χ0n) is 9.91. The Kier molecular flexibility index (Phi) is 3.38. The zero-order chi connectivity index (χ0) is 12.4. The SMILES string of the molecule is CN1CCC[C@H](C(=N)n2cc(F)ccc2=N)C1. The van der Waals surface area contributed by atoms with Gasteiger partial charge in [-0.15, -0.1) is 0 Å². The third kappa shape index (κ3) is 2.61. The van der Waals surface area contributed by atoms with E-state index in [1.54, 1.807) is 0 Å². The van der Waals surface area contributed by atoms with Crippen LogP contribution in [0, 0.1) is 22.6 Å². The van der Waals surface area contributed by atoms with Crippen LogP contribution < -0.4 is 5.49 Å². The molecule has 1 aromatic heterocycles. The lowest BCUT2D eigenvalue weighted by molar-refractivity contribution is 0.244. The van der Waals surface area contributed by atoms with Gasteiger partial charge in [-0.3, -0.25) is 15.4 Å². The van der Waals surface area contributed by atoms with Gasteiger partial charge in [0, 0.05) is 18.7 Å². The van der Waals surface area contributed by atoms with Gasteiger partial charge in [-0.2, -0.15) is 0 Å². The van der Waals surface area contributed by atoms with Crippen LogP contribution in [0.2, 0.25) is 0 Å². The van der Waals surface area contributed by atoms with Crippen LogP contribution in [0.15, 0.2) is 18.3 Å². The maximum atomic E-state index is 13.1. The van der Waals surface area contributed by atoms with Crippen LogP contribution in [0.5, 0.6) is 0 Å². The molecule has 0 unspecified atom stereocenters. The number of nitrogens with one attached hydrogen (secondary N) is 2. The summed E-state index contributed by atoms with van der Waals surface area (Å²) in [4.78, 5) is 2.17. The van der Waals surface area contributed by atoms with Crippen molar-refractivity contribution >= 4 is 5.84 Å². The molecule has 92 valence electrons. The molecule has 0 amide bonds. The van der Waals surface area contributed by atoms with Gasteiger partial charge in [0.25, 0.3) is 0 Å². The highest BCUT2D eigenvalue weighted by atomic mass is 19.1. The number of hydrogen-bond acceptors (Lipinski definition) is 3. The molecule has 17 heavy (non-hydrogen) atoms. The normalized spacial score (nSPS) is 21.4. The quantitative estimate of drug-likeness (QED) is 0.560. The van der Waals surface area contributed by atoms with Crippen LogP contribution in [-0.2, 0) is 0 Å². The Morgan fingerprint density at radius 1 is 1.47 bits per heavy atom. The van der Waals surface area contributed by atoms with E-state index in [0.717, 1.165) is 25.9 Å². The Hall–Kier alpha value is -1.49. The monoisotopic (exact) mass is 236 g/mol. The molecule has 4 nitrogen and oxygen atoms in total. The average Bonchev–Trinajstić information content (AvgIpc) is 2.31. The van der Waals surface area contributed by atoms with Crippen LogP contribution in [0.1, 0.15) is 12.8 Å². The van der Waals surface area contributed by atoms with Crippen molar-refractivity contribution in [2.24, 2.45) is 5.92 Å². The second kappa shape index (κ2) is 4.79. The first kappa shape index (κ1) is 12.0. The number of aromatic nitrogens is 1. The smallest absolute Gasteiger partial charge is 0.139 e. The first-order chi connectivity index (χ1) is 8.08. The van der Waals surface area contributed by atoms with Gasteiger partial charge in [-0.1, -0.05) is 0 Å². The number of halogens is 1. The number of pyridine rings is 1. The molecule has 0 saturated carbocycles. The molecule has 1 saturated heterocycles. The highest BCUT2D eigenvalue weighted by Gasteiger charge is 2.22. The van der Waals surface area contributed by atoms with E-state index in [1.165, 1.54) is 22.9 Å². The fraction of sp³-hybridized carbons (Fsp3) is 0.500. The van der Waals surface area contributed by atoms with Gasteiger partial charge >= 0.3 is 0 Å². The van der Waals surface area contributed by atoms with Gasteiger partial charge in [0.15, 0.2) is 0 Å². The molecule has 1 fully saturated rings. The summed E-state index contributed by atoms with van der Waals surface area (Å²) in [7, 11) is 2.03. The van der Waals surface area contributed by atoms with E-state index in [2.05, 4.69) is 4.90 Å². The third-order valence-corrected chi connectivity index (χ3v) is 3.18. The van der Waals surface area contributed by atoms with E-state index in [4.69, 9.17) is 10.8 Å². The second-order valence-electron chi connectivity index (χ2n) is 4.59. The molecule has 1 atom stereocenters. The van der Waals surface area contributed by atoms with E-state index in [1.807, 2.05) is 7.05 Å². The Bertz CT molecular complexity index is 480. The highest BCUT2D eigenvalue weighted by Crippen LogP contribution is 2.16. The Labute approximate surface area is 99.7 Å². The topological polar surface area (TPSA) is 55.9 Å². The van der Waals surface area contributed by atoms with Crippen molar-refractivity contribution in [3.63, 3.8) is 0 Å². The lowest BCUT2D eigenvalue weighted by Gasteiger charge is -2.30. The predicted molar refractivity (Wildman–Crippen MR) is 63.6 cm³/mol. The minimum Gasteiger partial charge on any atom is -0.306 e. The number of hydrogen-bond donors (Lipinski definition) is 2. The molecule has 1 aromatic rings. The summed E-state index contributed by atoms with van der Waals surface area (Å²) in [5.41, 5.74) is 0.157. The van der Waals surface area contributed by atoms with Gasteiger partial charge in [0.2, 0.25) is 0 Å². The summed E-state index contributed by atoms with van der Waals surface area (Å²) in [6, 6.07) is 2.63. The molecule has 2 N–H and O–H groups in total. The zero-order valence-corrected chi connectivity index (χ0v) is 9.91. The lowest BCUT2D eigenvalue weighted by atomic mass is 9.97.